The summed E-state index contributed by atoms with van der Waals surface area (Å²) in [5.41, 5.74) is 2.00. The molecule has 0 atom stereocenters. The maximum atomic E-state index is 13.0. The fraction of sp³-hybridized carbons (Fsp3) is 0.708. The van der Waals surface area contributed by atoms with Gasteiger partial charge in [0, 0.05) is 50.1 Å². The van der Waals surface area contributed by atoms with Crippen molar-refractivity contribution in [3.8, 4) is 5.19 Å². The second-order valence-corrected chi connectivity index (χ2v) is 11.2. The molecular weight excluding hydrogens is 460 g/mol. The maximum absolute atomic E-state index is 13.0. The van der Waals surface area contributed by atoms with Crippen molar-refractivity contribution >= 4 is 17.2 Å². The Morgan fingerprint density at radius 1 is 1.29 bits per heavy atom. The minimum absolute atomic E-state index is 0.0817. The van der Waals surface area contributed by atoms with Gasteiger partial charge >= 0.3 is 0 Å². The summed E-state index contributed by atoms with van der Waals surface area (Å²) in [5, 5.41) is 7.87. The first-order valence-corrected chi connectivity index (χ1v) is 13.2. The van der Waals surface area contributed by atoms with E-state index in [4.69, 9.17) is 4.74 Å². The zero-order valence-electron chi connectivity index (χ0n) is 19.6. The average Bonchev–Trinajstić information content (AvgIpc) is 3.36. The van der Waals surface area contributed by atoms with Crippen molar-refractivity contribution < 1.29 is 18.3 Å². The summed E-state index contributed by atoms with van der Waals surface area (Å²) < 4.78 is 33.5. The van der Waals surface area contributed by atoms with Gasteiger partial charge in [-0.1, -0.05) is 11.3 Å². The number of carbonyl (C=O) groups is 1. The van der Waals surface area contributed by atoms with E-state index in [0.717, 1.165) is 69.4 Å². The maximum Gasteiger partial charge on any atom is 0.273 e. The first-order chi connectivity index (χ1) is 16.3. The van der Waals surface area contributed by atoms with Gasteiger partial charge in [0.2, 0.25) is 5.91 Å². The summed E-state index contributed by atoms with van der Waals surface area (Å²) in [4.78, 5) is 20.6. The molecule has 0 radical (unpaired) electrons. The van der Waals surface area contributed by atoms with E-state index < -0.39 is 12.0 Å². The summed E-state index contributed by atoms with van der Waals surface area (Å²) in [5.74, 6) is -1.79. The van der Waals surface area contributed by atoms with Crippen LogP contribution >= 0.6 is 11.3 Å². The van der Waals surface area contributed by atoms with E-state index in [0.29, 0.717) is 17.5 Å². The molecule has 2 fully saturated rings. The average molecular weight is 494 g/mol. The zero-order chi connectivity index (χ0) is 23.7. The Kier molecular flexibility index (Phi) is 6.88. The molecule has 0 spiro atoms. The number of hydrogen-bond donors (Lipinski definition) is 1. The van der Waals surface area contributed by atoms with Crippen LogP contribution in [0, 0.1) is 5.92 Å². The number of halogens is 2. The number of nitrogens with one attached hydrogen (secondary N) is 1. The molecule has 2 aromatic rings. The van der Waals surface area contributed by atoms with Gasteiger partial charge in [0.05, 0.1) is 18.3 Å². The highest BCUT2D eigenvalue weighted by Crippen LogP contribution is 2.41. The van der Waals surface area contributed by atoms with Crippen molar-refractivity contribution in [1.82, 2.24) is 25.0 Å². The van der Waals surface area contributed by atoms with Crippen molar-refractivity contribution in [2.24, 2.45) is 13.0 Å². The van der Waals surface area contributed by atoms with Gasteiger partial charge in [-0.2, -0.15) is 5.10 Å². The second kappa shape index (κ2) is 9.89. The fourth-order valence-electron chi connectivity index (χ4n) is 5.29. The topological polar surface area (TPSA) is 72.3 Å². The van der Waals surface area contributed by atoms with Crippen LogP contribution in [0.1, 0.15) is 61.1 Å². The Balaban J connectivity index is 1.00. The highest BCUT2D eigenvalue weighted by molar-refractivity contribution is 7.13. The number of thiazole rings is 1. The van der Waals surface area contributed by atoms with Gasteiger partial charge in [-0.3, -0.25) is 14.4 Å². The van der Waals surface area contributed by atoms with Crippen LogP contribution in [0.15, 0.2) is 12.4 Å². The van der Waals surface area contributed by atoms with Gasteiger partial charge in [-0.25, -0.2) is 13.8 Å². The molecule has 1 aliphatic heterocycles. The second-order valence-electron chi connectivity index (χ2n) is 10.2. The third-order valence-corrected chi connectivity index (χ3v) is 8.34. The standard InChI is InChI=1S/C24H33F2N5O2S/c1-30-14-17(13-27-30)10-22(32)28-18-4-2-16(3-5-18)6-8-31-9-7-21-20(15-31)29-23(34-21)33-19-11-24(25,26)12-19/h13-14,16,18-19H,2-12,15H2,1H3,(H,28,32). The Morgan fingerprint density at radius 3 is 2.79 bits per heavy atom. The zero-order valence-corrected chi connectivity index (χ0v) is 20.5. The first-order valence-electron chi connectivity index (χ1n) is 12.3. The molecule has 1 N–H and O–H groups in total. The number of aryl methyl sites for hydroxylation is 1. The van der Waals surface area contributed by atoms with E-state index in [1.807, 2.05) is 13.2 Å². The van der Waals surface area contributed by atoms with Crippen LogP contribution in [0.3, 0.4) is 0 Å². The molecule has 2 saturated carbocycles. The molecule has 186 valence electrons. The molecule has 0 aromatic carbocycles. The largest absolute Gasteiger partial charge is 0.466 e. The number of aromatic nitrogens is 3. The molecule has 10 heteroatoms. The molecule has 5 rings (SSSR count). The van der Waals surface area contributed by atoms with Gasteiger partial charge in [-0.15, -0.1) is 0 Å². The van der Waals surface area contributed by atoms with Gasteiger partial charge in [0.25, 0.3) is 11.1 Å². The van der Waals surface area contributed by atoms with Crippen LogP contribution in [-0.4, -0.2) is 56.7 Å². The van der Waals surface area contributed by atoms with Crippen LogP contribution < -0.4 is 10.1 Å². The Morgan fingerprint density at radius 2 is 2.09 bits per heavy atom. The van der Waals surface area contributed by atoms with Gasteiger partial charge in [0.1, 0.15) is 6.10 Å². The molecule has 2 aromatic heterocycles. The summed E-state index contributed by atoms with van der Waals surface area (Å²) in [7, 11) is 1.86. The SMILES string of the molecule is Cn1cc(CC(=O)NC2CCC(CCN3CCc4sc(OC5CC(F)(F)C5)nc4C3)CC2)cn1. The summed E-state index contributed by atoms with van der Waals surface area (Å²) in [6.45, 7) is 2.87. The van der Waals surface area contributed by atoms with E-state index in [1.165, 1.54) is 16.2 Å². The van der Waals surface area contributed by atoms with E-state index >= 15 is 0 Å². The van der Waals surface area contributed by atoms with E-state index in [-0.39, 0.29) is 24.8 Å². The monoisotopic (exact) mass is 493 g/mol. The summed E-state index contributed by atoms with van der Waals surface area (Å²) >= 11 is 1.52. The van der Waals surface area contributed by atoms with E-state index in [2.05, 4.69) is 20.3 Å². The minimum Gasteiger partial charge on any atom is -0.466 e. The molecule has 1 amide bonds. The Hall–Kier alpha value is -2.07. The summed E-state index contributed by atoms with van der Waals surface area (Å²) in [6, 6.07) is 0.280. The highest BCUT2D eigenvalue weighted by atomic mass is 32.1. The van der Waals surface area contributed by atoms with Gasteiger partial charge in [-0.05, 0) is 56.6 Å². The van der Waals surface area contributed by atoms with E-state index in [9.17, 15) is 13.6 Å². The molecule has 3 heterocycles. The smallest absolute Gasteiger partial charge is 0.273 e. The van der Waals surface area contributed by atoms with Crippen LogP contribution in [0.2, 0.25) is 0 Å². The number of carbonyl (C=O) groups excluding carboxylic acids is 1. The van der Waals surface area contributed by atoms with Crippen LogP contribution in [0.25, 0.3) is 0 Å². The normalized spacial score (nSPS) is 24.9. The number of hydrogen-bond acceptors (Lipinski definition) is 6. The Bertz CT molecular complexity index is 993. The minimum atomic E-state index is -2.57. The highest BCUT2D eigenvalue weighted by Gasteiger charge is 2.47. The van der Waals surface area contributed by atoms with Gasteiger partial charge in [0.15, 0.2) is 0 Å². The van der Waals surface area contributed by atoms with E-state index in [1.54, 1.807) is 10.9 Å². The lowest BCUT2D eigenvalue weighted by atomic mass is 9.84. The molecule has 0 saturated heterocycles. The predicted molar refractivity (Wildman–Crippen MR) is 125 cm³/mol. The van der Waals surface area contributed by atoms with Crippen molar-refractivity contribution in [2.75, 3.05) is 13.1 Å². The number of fused-ring (bicyclic) bond motifs is 1. The van der Waals surface area contributed by atoms with Crippen molar-refractivity contribution in [3.63, 3.8) is 0 Å². The Labute approximate surface area is 202 Å². The van der Waals surface area contributed by atoms with Crippen molar-refractivity contribution in [3.05, 3.63) is 28.5 Å². The quantitative estimate of drug-likeness (QED) is 0.607. The third-order valence-electron chi connectivity index (χ3n) is 7.30. The lowest BCUT2D eigenvalue weighted by Crippen LogP contribution is -2.43. The third kappa shape index (κ3) is 5.94. The van der Waals surface area contributed by atoms with Crippen molar-refractivity contribution in [2.45, 2.75) is 82.4 Å². The van der Waals surface area contributed by atoms with Crippen molar-refractivity contribution in [1.29, 1.82) is 0 Å². The molecule has 7 nitrogen and oxygen atoms in total. The first kappa shape index (κ1) is 23.7. The lowest BCUT2D eigenvalue weighted by molar-refractivity contribution is -0.134. The van der Waals surface area contributed by atoms with Crippen LogP contribution in [-0.2, 0) is 31.2 Å². The predicted octanol–water partition coefficient (Wildman–Crippen LogP) is 3.72. The van der Waals surface area contributed by atoms with Gasteiger partial charge < -0.3 is 10.1 Å². The molecule has 34 heavy (non-hydrogen) atoms. The molecule has 0 unspecified atom stereocenters. The number of nitrogens with zero attached hydrogens (tertiary/aromatic N) is 4. The summed E-state index contributed by atoms with van der Waals surface area (Å²) in [6.07, 6.45) is 9.74. The molecule has 2 aliphatic carbocycles. The molecule has 0 bridgehead atoms. The number of amides is 1. The fourth-order valence-corrected chi connectivity index (χ4v) is 6.26. The number of alkyl halides is 2. The number of rotatable bonds is 8. The molecule has 3 aliphatic rings. The lowest BCUT2D eigenvalue weighted by Gasteiger charge is -2.33. The van der Waals surface area contributed by atoms with Crippen LogP contribution in [0.4, 0.5) is 8.78 Å². The van der Waals surface area contributed by atoms with Crippen LogP contribution in [0.5, 0.6) is 5.19 Å². The molecular formula is C24H33F2N5O2S. The number of ether oxygens (including phenoxy) is 1.